The van der Waals surface area contributed by atoms with E-state index in [0.717, 1.165) is 16.0 Å². The molecule has 38 heavy (non-hydrogen) atoms. The van der Waals surface area contributed by atoms with E-state index in [2.05, 4.69) is 4.99 Å². The number of fused-ring (bicyclic) bond motifs is 1. The highest BCUT2D eigenvalue weighted by atomic mass is 32.2. The van der Waals surface area contributed by atoms with Crippen molar-refractivity contribution in [3.8, 4) is 5.75 Å². The lowest BCUT2D eigenvalue weighted by Crippen LogP contribution is -2.30. The second kappa shape index (κ2) is 12.4. The van der Waals surface area contributed by atoms with Crippen LogP contribution in [0.5, 0.6) is 5.75 Å². The lowest BCUT2D eigenvalue weighted by Gasteiger charge is -2.22. The van der Waals surface area contributed by atoms with Crippen molar-refractivity contribution in [1.82, 2.24) is 4.57 Å². The molecule has 0 fully saturated rings. The van der Waals surface area contributed by atoms with Crippen LogP contribution in [0.4, 0.5) is 5.69 Å². The van der Waals surface area contributed by atoms with Crippen molar-refractivity contribution < 1.29 is 22.7 Å². The Labute approximate surface area is 226 Å². The Morgan fingerprint density at radius 2 is 1.68 bits per heavy atom. The minimum absolute atomic E-state index is 0.106. The van der Waals surface area contributed by atoms with Crippen LogP contribution in [-0.4, -0.2) is 45.3 Å². The average Bonchev–Trinajstić information content (AvgIpc) is 3.27. The van der Waals surface area contributed by atoms with E-state index in [1.807, 2.05) is 42.7 Å². The van der Waals surface area contributed by atoms with E-state index in [1.165, 1.54) is 39.9 Å². The predicted octanol–water partition coefficient (Wildman–Crippen LogP) is 5.09. The number of hydrogen-bond donors (Lipinski definition) is 0. The highest BCUT2D eigenvalue weighted by Crippen LogP contribution is 2.28. The van der Waals surface area contributed by atoms with E-state index in [9.17, 15) is 13.2 Å². The van der Waals surface area contributed by atoms with Gasteiger partial charge in [0.25, 0.3) is 15.9 Å². The minimum Gasteiger partial charge on any atom is -0.492 e. The Balaban J connectivity index is 1.68. The van der Waals surface area contributed by atoms with Crippen molar-refractivity contribution in [3.63, 3.8) is 0 Å². The Hall–Kier alpha value is -3.47. The third kappa shape index (κ3) is 5.82. The quantitative estimate of drug-likeness (QED) is 0.241. The number of aromatic nitrogens is 1. The molecule has 0 aliphatic carbocycles. The van der Waals surface area contributed by atoms with Crippen molar-refractivity contribution in [3.05, 3.63) is 83.2 Å². The molecule has 0 saturated heterocycles. The van der Waals surface area contributed by atoms with E-state index in [0.29, 0.717) is 42.4 Å². The summed E-state index contributed by atoms with van der Waals surface area (Å²) in [7, 11) is -3.79. The second-order valence-electron chi connectivity index (χ2n) is 8.22. The van der Waals surface area contributed by atoms with Crippen molar-refractivity contribution in [2.75, 3.05) is 30.7 Å². The molecular formula is C28H31N3O5S2. The zero-order valence-electron chi connectivity index (χ0n) is 21.7. The molecule has 1 amide bonds. The van der Waals surface area contributed by atoms with Crippen LogP contribution in [0.15, 0.2) is 82.7 Å². The van der Waals surface area contributed by atoms with Crippen LogP contribution in [-0.2, 0) is 21.3 Å². The number of para-hydroxylation sites is 2. The van der Waals surface area contributed by atoms with E-state index in [4.69, 9.17) is 9.47 Å². The first-order chi connectivity index (χ1) is 18.4. The summed E-state index contributed by atoms with van der Waals surface area (Å²) < 4.78 is 42.2. The van der Waals surface area contributed by atoms with Gasteiger partial charge in [0, 0.05) is 25.3 Å². The second-order valence-corrected chi connectivity index (χ2v) is 11.1. The predicted molar refractivity (Wildman–Crippen MR) is 150 cm³/mol. The summed E-state index contributed by atoms with van der Waals surface area (Å²) in [6.45, 7) is 7.99. The highest BCUT2D eigenvalue weighted by Gasteiger charge is 2.24. The van der Waals surface area contributed by atoms with E-state index < -0.39 is 15.9 Å². The molecule has 0 unspecified atom stereocenters. The maximum Gasteiger partial charge on any atom is 0.279 e. The molecule has 0 aliphatic rings. The van der Waals surface area contributed by atoms with Gasteiger partial charge in [-0.1, -0.05) is 35.6 Å². The highest BCUT2D eigenvalue weighted by molar-refractivity contribution is 7.92. The van der Waals surface area contributed by atoms with Crippen LogP contribution in [0.25, 0.3) is 10.2 Å². The number of ether oxygens (including phenoxy) is 2. The van der Waals surface area contributed by atoms with Crippen LogP contribution in [0.3, 0.4) is 0 Å². The molecule has 8 nitrogen and oxygen atoms in total. The normalized spacial score (nSPS) is 12.1. The molecule has 10 heteroatoms. The smallest absolute Gasteiger partial charge is 0.279 e. The summed E-state index contributed by atoms with van der Waals surface area (Å²) in [5, 5.41) is 0. The SMILES string of the molecule is CCOCCn1c(=NC(=O)c2ccc(S(=O)(=O)N(CC)c3ccccc3)cc2)sc2cccc(OCC)c21. The van der Waals surface area contributed by atoms with E-state index in [1.54, 1.807) is 31.2 Å². The van der Waals surface area contributed by atoms with Gasteiger partial charge in [-0.05, 0) is 69.3 Å². The lowest BCUT2D eigenvalue weighted by molar-refractivity contribution is 0.0996. The standard InChI is InChI=1S/C28H31N3O5S2/c1-4-31(22-11-8-7-9-12-22)38(33,34)23-17-15-21(16-18-23)27(32)29-28-30(19-20-35-5-2)26-24(36-6-3)13-10-14-25(26)37-28/h7-18H,4-6,19-20H2,1-3H3. The summed E-state index contributed by atoms with van der Waals surface area (Å²) in [6, 6.07) is 20.6. The summed E-state index contributed by atoms with van der Waals surface area (Å²) >= 11 is 1.39. The molecule has 0 atom stereocenters. The Morgan fingerprint density at radius 3 is 2.34 bits per heavy atom. The molecule has 4 rings (SSSR count). The molecule has 0 N–H and O–H groups in total. The van der Waals surface area contributed by atoms with Gasteiger partial charge in [-0.3, -0.25) is 9.10 Å². The largest absolute Gasteiger partial charge is 0.492 e. The molecule has 0 saturated carbocycles. The summed E-state index contributed by atoms with van der Waals surface area (Å²) in [5.74, 6) is 0.263. The van der Waals surface area contributed by atoms with E-state index in [-0.39, 0.29) is 11.4 Å². The fraction of sp³-hybridized carbons (Fsp3) is 0.286. The van der Waals surface area contributed by atoms with Crippen molar-refractivity contribution in [2.45, 2.75) is 32.2 Å². The molecule has 1 heterocycles. The van der Waals surface area contributed by atoms with Crippen LogP contribution in [0.1, 0.15) is 31.1 Å². The van der Waals surface area contributed by atoms with Crippen LogP contribution >= 0.6 is 11.3 Å². The zero-order chi connectivity index (χ0) is 27.1. The molecule has 3 aromatic carbocycles. The van der Waals surface area contributed by atoms with Crippen LogP contribution in [0.2, 0.25) is 0 Å². The molecular weight excluding hydrogens is 522 g/mol. The first-order valence-corrected chi connectivity index (χ1v) is 14.8. The molecule has 0 bridgehead atoms. The van der Waals surface area contributed by atoms with Crippen molar-refractivity contribution in [1.29, 1.82) is 0 Å². The number of anilines is 1. The van der Waals surface area contributed by atoms with Gasteiger partial charge in [0.1, 0.15) is 11.3 Å². The fourth-order valence-corrected chi connectivity index (χ4v) is 6.64. The minimum atomic E-state index is -3.79. The number of hydrogen-bond acceptors (Lipinski definition) is 6. The molecule has 0 radical (unpaired) electrons. The number of nitrogens with zero attached hydrogens (tertiary/aromatic N) is 3. The molecule has 0 spiro atoms. The Morgan fingerprint density at radius 1 is 0.947 bits per heavy atom. The lowest BCUT2D eigenvalue weighted by atomic mass is 10.2. The van der Waals surface area contributed by atoms with E-state index >= 15 is 0 Å². The topological polar surface area (TPSA) is 90.2 Å². The Bertz CT molecular complexity index is 1560. The van der Waals surface area contributed by atoms with Crippen molar-refractivity contribution in [2.24, 2.45) is 4.99 Å². The summed E-state index contributed by atoms with van der Waals surface area (Å²) in [5.41, 5.74) is 1.75. The van der Waals surface area contributed by atoms with Gasteiger partial charge in [0.2, 0.25) is 0 Å². The Kier molecular flexibility index (Phi) is 8.98. The fourth-order valence-electron chi connectivity index (χ4n) is 4.10. The first kappa shape index (κ1) is 27.6. The molecule has 200 valence electrons. The average molecular weight is 554 g/mol. The molecule has 1 aromatic heterocycles. The van der Waals surface area contributed by atoms with Gasteiger partial charge in [-0.15, -0.1) is 0 Å². The van der Waals surface area contributed by atoms with Crippen LogP contribution < -0.4 is 13.8 Å². The number of thiazole rings is 1. The number of amides is 1. The zero-order valence-corrected chi connectivity index (χ0v) is 23.3. The van der Waals surface area contributed by atoms with Gasteiger partial charge in [-0.25, -0.2) is 8.42 Å². The van der Waals surface area contributed by atoms with Gasteiger partial charge >= 0.3 is 0 Å². The van der Waals surface area contributed by atoms with Gasteiger partial charge in [0.15, 0.2) is 4.80 Å². The van der Waals surface area contributed by atoms with Gasteiger partial charge in [-0.2, -0.15) is 4.99 Å². The number of carbonyl (C=O) groups excluding carboxylic acids is 1. The molecule has 4 aromatic rings. The van der Waals surface area contributed by atoms with Crippen LogP contribution in [0, 0.1) is 0 Å². The molecule has 0 aliphatic heterocycles. The number of carbonyl (C=O) groups is 1. The third-order valence-corrected chi connectivity index (χ3v) is 8.81. The maximum atomic E-state index is 13.3. The van der Waals surface area contributed by atoms with Gasteiger partial charge < -0.3 is 14.0 Å². The summed E-state index contributed by atoms with van der Waals surface area (Å²) in [4.78, 5) is 18.2. The number of benzene rings is 3. The first-order valence-electron chi connectivity index (χ1n) is 12.5. The number of rotatable bonds is 11. The van der Waals surface area contributed by atoms with Gasteiger partial charge in [0.05, 0.1) is 28.5 Å². The monoisotopic (exact) mass is 553 g/mol. The third-order valence-electron chi connectivity index (χ3n) is 5.85. The number of sulfonamides is 1. The van der Waals surface area contributed by atoms with Crippen molar-refractivity contribution >= 4 is 43.2 Å². The maximum absolute atomic E-state index is 13.3. The summed E-state index contributed by atoms with van der Waals surface area (Å²) in [6.07, 6.45) is 0.